The molecule has 0 aliphatic heterocycles. The fourth-order valence-electron chi connectivity index (χ4n) is 3.29. The van der Waals surface area contributed by atoms with E-state index in [1.807, 2.05) is 42.7 Å². The molecule has 4 rings (SSSR count). The molecular formula is C22H18FN5O. The number of halogens is 1. The number of aromatic nitrogens is 3. The number of anilines is 1. The molecule has 0 saturated heterocycles. The Bertz CT molecular complexity index is 1270. The molecule has 0 aliphatic rings. The minimum Gasteiger partial charge on any atom is -0.307 e. The number of para-hydroxylation sites is 2. The summed E-state index contributed by atoms with van der Waals surface area (Å²) in [4.78, 5) is 22.1. The normalized spacial score (nSPS) is 12.1. The molecule has 0 radical (unpaired) electrons. The summed E-state index contributed by atoms with van der Waals surface area (Å²) in [5.41, 5.74) is 2.93. The Hall–Kier alpha value is -3.79. The number of rotatable bonds is 4. The van der Waals surface area contributed by atoms with Crippen molar-refractivity contribution in [1.29, 1.82) is 5.26 Å². The topological polar surface area (TPSA) is 83.6 Å². The van der Waals surface area contributed by atoms with E-state index >= 15 is 0 Å². The Morgan fingerprint density at radius 3 is 2.45 bits per heavy atom. The second-order valence-corrected chi connectivity index (χ2v) is 6.81. The standard InChI is InChI=1S/C22H18FN5O/c1-3-13(2)28-20(27-22(29)14-8-10-15(23)11-9-14)16(12-24)19-21(28)26-18-7-5-4-6-17(18)25-19/h4-11,13H,3H2,1-2H3,(H,27,29). The third kappa shape index (κ3) is 3.19. The predicted molar refractivity (Wildman–Crippen MR) is 109 cm³/mol. The van der Waals surface area contributed by atoms with Crippen LogP contribution in [0.3, 0.4) is 0 Å². The molecule has 144 valence electrons. The van der Waals surface area contributed by atoms with Gasteiger partial charge in [0.05, 0.1) is 11.0 Å². The number of nitrogens with one attached hydrogen (secondary N) is 1. The van der Waals surface area contributed by atoms with Gasteiger partial charge in [0, 0.05) is 11.6 Å². The molecule has 0 bridgehead atoms. The number of hydrogen-bond acceptors (Lipinski definition) is 4. The molecule has 0 aliphatic carbocycles. The van der Waals surface area contributed by atoms with E-state index in [2.05, 4.69) is 16.4 Å². The number of carbonyl (C=O) groups excluding carboxylic acids is 1. The summed E-state index contributed by atoms with van der Waals surface area (Å²) >= 11 is 0. The summed E-state index contributed by atoms with van der Waals surface area (Å²) in [6, 6.07) is 14.8. The van der Waals surface area contributed by atoms with Gasteiger partial charge in [0.2, 0.25) is 0 Å². The third-order valence-corrected chi connectivity index (χ3v) is 4.98. The molecule has 1 N–H and O–H groups in total. The van der Waals surface area contributed by atoms with Gasteiger partial charge in [-0.25, -0.2) is 14.4 Å². The van der Waals surface area contributed by atoms with Crippen LogP contribution in [0.5, 0.6) is 0 Å². The van der Waals surface area contributed by atoms with E-state index in [1.54, 1.807) is 0 Å². The number of nitrogens with zero attached hydrogens (tertiary/aromatic N) is 4. The molecule has 4 aromatic rings. The summed E-state index contributed by atoms with van der Waals surface area (Å²) in [6.07, 6.45) is 0.766. The van der Waals surface area contributed by atoms with Crippen LogP contribution in [0.1, 0.15) is 42.2 Å². The lowest BCUT2D eigenvalue weighted by atomic mass is 10.2. The van der Waals surface area contributed by atoms with Crippen LogP contribution in [-0.2, 0) is 0 Å². The van der Waals surface area contributed by atoms with Crippen LogP contribution in [0.15, 0.2) is 48.5 Å². The average Bonchev–Trinajstić information content (AvgIpc) is 3.03. The van der Waals surface area contributed by atoms with Gasteiger partial charge in [-0.3, -0.25) is 4.79 Å². The van der Waals surface area contributed by atoms with Gasteiger partial charge in [-0.1, -0.05) is 19.1 Å². The van der Waals surface area contributed by atoms with Crippen LogP contribution >= 0.6 is 0 Å². The minimum absolute atomic E-state index is 0.0291. The summed E-state index contributed by atoms with van der Waals surface area (Å²) in [7, 11) is 0. The summed E-state index contributed by atoms with van der Waals surface area (Å²) in [5, 5.41) is 12.7. The molecule has 6 nitrogen and oxygen atoms in total. The van der Waals surface area contributed by atoms with Crippen molar-refractivity contribution in [3.63, 3.8) is 0 Å². The molecule has 0 spiro atoms. The Balaban J connectivity index is 1.93. The summed E-state index contributed by atoms with van der Waals surface area (Å²) < 4.78 is 15.0. The molecule has 1 amide bonds. The first-order valence-corrected chi connectivity index (χ1v) is 9.31. The van der Waals surface area contributed by atoms with E-state index < -0.39 is 11.7 Å². The van der Waals surface area contributed by atoms with E-state index in [0.717, 1.165) is 6.42 Å². The molecule has 2 heterocycles. The first-order valence-electron chi connectivity index (χ1n) is 9.31. The van der Waals surface area contributed by atoms with Gasteiger partial charge in [-0.05, 0) is 49.7 Å². The van der Waals surface area contributed by atoms with Crippen molar-refractivity contribution in [1.82, 2.24) is 14.5 Å². The van der Waals surface area contributed by atoms with Crippen LogP contribution in [0.2, 0.25) is 0 Å². The van der Waals surface area contributed by atoms with Crippen molar-refractivity contribution in [2.45, 2.75) is 26.3 Å². The summed E-state index contributed by atoms with van der Waals surface area (Å²) in [5.74, 6) is -0.507. The Labute approximate surface area is 166 Å². The fraction of sp³-hybridized carbons (Fsp3) is 0.182. The maximum absolute atomic E-state index is 13.2. The quantitative estimate of drug-likeness (QED) is 0.544. The van der Waals surface area contributed by atoms with Crippen molar-refractivity contribution in [2.75, 3.05) is 5.32 Å². The highest BCUT2D eigenvalue weighted by atomic mass is 19.1. The molecular weight excluding hydrogens is 369 g/mol. The molecule has 0 fully saturated rings. The number of benzene rings is 2. The number of hydrogen-bond donors (Lipinski definition) is 1. The lowest BCUT2D eigenvalue weighted by Gasteiger charge is -2.17. The van der Waals surface area contributed by atoms with Gasteiger partial charge in [-0.15, -0.1) is 0 Å². The molecule has 7 heteroatoms. The smallest absolute Gasteiger partial charge is 0.256 e. The first kappa shape index (κ1) is 18.6. The average molecular weight is 387 g/mol. The molecule has 2 aromatic carbocycles. The first-order chi connectivity index (χ1) is 14.0. The van der Waals surface area contributed by atoms with Gasteiger partial charge >= 0.3 is 0 Å². The molecule has 1 unspecified atom stereocenters. The molecule has 2 aromatic heterocycles. The maximum Gasteiger partial charge on any atom is 0.256 e. The lowest BCUT2D eigenvalue weighted by Crippen LogP contribution is -2.17. The van der Waals surface area contributed by atoms with E-state index in [9.17, 15) is 14.4 Å². The third-order valence-electron chi connectivity index (χ3n) is 4.98. The highest BCUT2D eigenvalue weighted by molar-refractivity contribution is 6.06. The van der Waals surface area contributed by atoms with Gasteiger partial charge in [0.25, 0.3) is 5.91 Å². The molecule has 0 saturated carbocycles. The van der Waals surface area contributed by atoms with Crippen LogP contribution in [0, 0.1) is 17.1 Å². The van der Waals surface area contributed by atoms with Gasteiger partial charge in [0.15, 0.2) is 5.65 Å². The Morgan fingerprint density at radius 2 is 1.83 bits per heavy atom. The molecule has 1 atom stereocenters. The Morgan fingerprint density at radius 1 is 1.17 bits per heavy atom. The van der Waals surface area contributed by atoms with Crippen molar-refractivity contribution in [3.05, 3.63) is 65.5 Å². The zero-order chi connectivity index (χ0) is 20.5. The number of fused-ring (bicyclic) bond motifs is 2. The van der Waals surface area contributed by atoms with Gasteiger partial charge < -0.3 is 9.88 Å². The SMILES string of the molecule is CCC(C)n1c(NC(=O)c2ccc(F)cc2)c(C#N)c2nc3ccccc3nc21. The van der Waals surface area contributed by atoms with Crippen LogP contribution in [0.25, 0.3) is 22.2 Å². The molecule has 29 heavy (non-hydrogen) atoms. The van der Waals surface area contributed by atoms with Crippen LogP contribution < -0.4 is 5.32 Å². The predicted octanol–water partition coefficient (Wildman–Crippen LogP) is 4.82. The number of carbonyl (C=O) groups is 1. The largest absolute Gasteiger partial charge is 0.307 e. The van der Waals surface area contributed by atoms with E-state index in [-0.39, 0.29) is 11.6 Å². The van der Waals surface area contributed by atoms with Crippen molar-refractivity contribution < 1.29 is 9.18 Å². The van der Waals surface area contributed by atoms with E-state index in [1.165, 1.54) is 24.3 Å². The highest BCUT2D eigenvalue weighted by Crippen LogP contribution is 2.33. The van der Waals surface area contributed by atoms with E-state index in [0.29, 0.717) is 33.6 Å². The van der Waals surface area contributed by atoms with Gasteiger partial charge in [-0.2, -0.15) is 5.26 Å². The highest BCUT2D eigenvalue weighted by Gasteiger charge is 2.24. The number of nitriles is 1. The number of amides is 1. The fourth-order valence-corrected chi connectivity index (χ4v) is 3.29. The van der Waals surface area contributed by atoms with Gasteiger partial charge in [0.1, 0.15) is 28.8 Å². The lowest BCUT2D eigenvalue weighted by molar-refractivity contribution is 0.102. The maximum atomic E-state index is 13.2. The second kappa shape index (κ2) is 7.32. The minimum atomic E-state index is -0.432. The monoisotopic (exact) mass is 387 g/mol. The van der Waals surface area contributed by atoms with Crippen molar-refractivity contribution >= 4 is 33.9 Å². The zero-order valence-electron chi connectivity index (χ0n) is 16.0. The van der Waals surface area contributed by atoms with Crippen LogP contribution in [0.4, 0.5) is 10.2 Å². The summed E-state index contributed by atoms with van der Waals surface area (Å²) in [6.45, 7) is 4.01. The Kier molecular flexibility index (Phi) is 4.69. The van der Waals surface area contributed by atoms with E-state index in [4.69, 9.17) is 4.98 Å². The zero-order valence-corrected chi connectivity index (χ0v) is 16.0. The van der Waals surface area contributed by atoms with Crippen molar-refractivity contribution in [2.24, 2.45) is 0 Å². The second-order valence-electron chi connectivity index (χ2n) is 6.81. The van der Waals surface area contributed by atoms with Crippen LogP contribution in [-0.4, -0.2) is 20.4 Å². The van der Waals surface area contributed by atoms with Crippen molar-refractivity contribution in [3.8, 4) is 6.07 Å².